The summed E-state index contributed by atoms with van der Waals surface area (Å²) in [4.78, 5) is 129. The van der Waals surface area contributed by atoms with Gasteiger partial charge < -0.3 is 89.7 Å². The van der Waals surface area contributed by atoms with Crippen LogP contribution < -0.4 is 65.5 Å². The summed E-state index contributed by atoms with van der Waals surface area (Å²) in [5, 5.41) is 32.7. The molecule has 0 aliphatic rings. The second-order valence-corrected chi connectivity index (χ2v) is 21.9. The van der Waals surface area contributed by atoms with Gasteiger partial charge in [0.25, 0.3) is 0 Å². The Morgan fingerprint density at radius 1 is 0.633 bits per heavy atom. The Morgan fingerprint density at radius 2 is 1.21 bits per heavy atom. The lowest BCUT2D eigenvalue weighted by Gasteiger charge is -2.26. The number of unbranched alkanes of at least 4 members (excludes halogenated alkanes) is 1. The predicted molar refractivity (Wildman–Crippen MR) is 339 cm³/mol. The molecule has 0 saturated heterocycles. The van der Waals surface area contributed by atoms with Gasteiger partial charge in [-0.1, -0.05) is 54.9 Å². The van der Waals surface area contributed by atoms with Gasteiger partial charge in [0.1, 0.15) is 61.8 Å². The number of phenolic OH excluding ortho intramolecular Hbond substituents is 1. The van der Waals surface area contributed by atoms with Gasteiger partial charge in [-0.05, 0) is 145 Å². The third-order valence-corrected chi connectivity index (χ3v) is 14.5. The highest BCUT2D eigenvalue weighted by Gasteiger charge is 2.32. The molecule has 0 saturated carbocycles. The van der Waals surface area contributed by atoms with Gasteiger partial charge in [0.05, 0.1) is 5.52 Å². The molecule has 0 spiro atoms. The fraction of sp³-hybridized carbons (Fsp3) is 0.492. The van der Waals surface area contributed by atoms with Crippen LogP contribution in [0.1, 0.15) is 102 Å². The number of carbonyl (C=O) groups is 9. The molecule has 3 aromatic carbocycles. The fourth-order valence-corrected chi connectivity index (χ4v) is 9.27. The fourth-order valence-electron chi connectivity index (χ4n) is 9.11. The normalized spacial score (nSPS) is 13.3. The Hall–Kier alpha value is -9.02. The quantitative estimate of drug-likeness (QED) is 0.0132. The first-order chi connectivity index (χ1) is 43.0. The molecule has 1 unspecified atom stereocenters. The second-order valence-electron chi connectivity index (χ2n) is 21.5. The van der Waals surface area contributed by atoms with Crippen molar-refractivity contribution in [3.63, 3.8) is 0 Å². The highest BCUT2D eigenvalue weighted by atomic mass is 35.5. The lowest BCUT2D eigenvalue weighted by molar-refractivity contribution is -0.135. The number of alkyl carbamates (subject to hydrolysis) is 1. The molecule has 4 aromatic rings. The third-order valence-electron chi connectivity index (χ3n) is 14.2. The molecule has 492 valence electrons. The topological polar surface area (TPSA) is 430 Å². The number of amides is 8. The number of nitrogens with two attached hydrogens (primary N) is 4. The molecular formula is C61H88ClN15O13. The molecule has 1 heterocycles. The van der Waals surface area contributed by atoms with Gasteiger partial charge >= 0.3 is 12.2 Å². The van der Waals surface area contributed by atoms with Crippen molar-refractivity contribution in [1.29, 1.82) is 0 Å². The number of ether oxygens (including phenoxy) is 3. The van der Waals surface area contributed by atoms with Crippen LogP contribution in [-0.2, 0) is 67.4 Å². The third kappa shape index (κ3) is 27.2. The van der Waals surface area contributed by atoms with E-state index in [9.17, 15) is 48.3 Å². The number of nitrogens with one attached hydrogen (secondary N) is 8. The zero-order valence-electron chi connectivity index (χ0n) is 51.7. The number of guanidine groups is 1. The summed E-state index contributed by atoms with van der Waals surface area (Å²) in [5.41, 5.74) is 25.8. The number of nitrogens with zero attached hydrogens (tertiary/aromatic N) is 3. The van der Waals surface area contributed by atoms with E-state index in [1.54, 1.807) is 42.6 Å². The summed E-state index contributed by atoms with van der Waals surface area (Å²) in [6, 6.07) is 12.9. The minimum absolute atomic E-state index is 0.0156. The molecule has 1 aromatic heterocycles. The minimum atomic E-state index is -1.44. The molecule has 7 atom stereocenters. The second kappa shape index (κ2) is 39.1. The number of aromatic hydroxyl groups is 1. The Kier molecular flexibility index (Phi) is 31.9. The van der Waals surface area contributed by atoms with Crippen molar-refractivity contribution >= 4 is 87.7 Å². The lowest BCUT2D eigenvalue weighted by atomic mass is 10.0. The van der Waals surface area contributed by atoms with Crippen molar-refractivity contribution < 1.29 is 62.5 Å². The van der Waals surface area contributed by atoms with Crippen molar-refractivity contribution in [2.24, 2.45) is 27.9 Å². The predicted octanol–water partition coefficient (Wildman–Crippen LogP) is 2.35. The van der Waals surface area contributed by atoms with E-state index in [-0.39, 0.29) is 89.2 Å². The number of anilines is 1. The van der Waals surface area contributed by atoms with Crippen molar-refractivity contribution in [1.82, 2.24) is 47.1 Å². The SMILES string of the molecule is CCN(CCCC(C)Nc1ccnc2cc(Cl)ccc12)CCOC(=O)OCc1ccc(COC(=O)N[C@@H](CCC(N)=O)C(=O)N[C@@H](CCCCN)C(=O)N[C@@H](CCCN=C(N)N)C(=O)N[C@@H](C)C(=O)N[C@@H](C)C(=O)N[C@@H](Cc2ccc(O)cc2)C(=O)NC)cc1. The largest absolute Gasteiger partial charge is 0.508 e. The van der Waals surface area contributed by atoms with Crippen LogP contribution in [0.15, 0.2) is 84.0 Å². The van der Waals surface area contributed by atoms with Crippen LogP contribution in [0.25, 0.3) is 10.9 Å². The number of aliphatic imine (C=N–C) groups is 1. The van der Waals surface area contributed by atoms with Crippen LogP contribution in [0.3, 0.4) is 0 Å². The smallest absolute Gasteiger partial charge is 0.508 e. The van der Waals surface area contributed by atoms with Crippen LogP contribution in [0.5, 0.6) is 5.75 Å². The highest BCUT2D eigenvalue weighted by Crippen LogP contribution is 2.25. The number of hydrogen-bond acceptors (Lipinski definition) is 18. The Balaban J connectivity index is 1.28. The minimum Gasteiger partial charge on any atom is -0.508 e. The number of phenols is 1. The van der Waals surface area contributed by atoms with Gasteiger partial charge in [0, 0.05) is 61.3 Å². The summed E-state index contributed by atoms with van der Waals surface area (Å²) < 4.78 is 16.1. The van der Waals surface area contributed by atoms with Crippen molar-refractivity contribution in [3.8, 4) is 5.75 Å². The molecule has 0 fully saturated rings. The molecule has 90 heavy (non-hydrogen) atoms. The van der Waals surface area contributed by atoms with E-state index in [0.29, 0.717) is 41.1 Å². The zero-order valence-corrected chi connectivity index (χ0v) is 52.4. The van der Waals surface area contributed by atoms with Gasteiger partial charge in [0.2, 0.25) is 41.4 Å². The average Bonchev–Trinajstić information content (AvgIpc) is 1.47. The summed E-state index contributed by atoms with van der Waals surface area (Å²) in [7, 11) is 1.40. The molecule has 0 aliphatic heterocycles. The highest BCUT2D eigenvalue weighted by molar-refractivity contribution is 6.31. The molecule has 28 nitrogen and oxygen atoms in total. The van der Waals surface area contributed by atoms with Crippen LogP contribution >= 0.6 is 11.6 Å². The van der Waals surface area contributed by atoms with E-state index < -0.39 is 89.8 Å². The molecule has 4 rings (SSSR count). The van der Waals surface area contributed by atoms with E-state index >= 15 is 0 Å². The number of carbonyl (C=O) groups excluding carboxylic acids is 9. The first-order valence-corrected chi connectivity index (χ1v) is 30.3. The number of primary amides is 1. The molecular weight excluding hydrogens is 1190 g/mol. The first kappa shape index (κ1) is 73.4. The summed E-state index contributed by atoms with van der Waals surface area (Å²) in [6.07, 6.45) is 2.04. The average molecular weight is 1270 g/mol. The molecule has 17 N–H and O–H groups in total. The Morgan fingerprint density at radius 3 is 1.82 bits per heavy atom. The van der Waals surface area contributed by atoms with Crippen LogP contribution in [0.2, 0.25) is 5.02 Å². The van der Waals surface area contributed by atoms with Gasteiger partial charge in [0.15, 0.2) is 5.96 Å². The maximum Gasteiger partial charge on any atom is 0.508 e. The number of halogens is 1. The van der Waals surface area contributed by atoms with E-state index in [1.165, 1.54) is 33.0 Å². The van der Waals surface area contributed by atoms with E-state index in [1.807, 2.05) is 31.2 Å². The van der Waals surface area contributed by atoms with Crippen LogP contribution in [0.4, 0.5) is 15.3 Å². The van der Waals surface area contributed by atoms with Crippen LogP contribution in [-0.4, -0.2) is 163 Å². The Bertz CT molecular complexity index is 3030. The number of likely N-dealkylation sites (N-methyl/N-ethyl adjacent to an activating group) is 2. The van der Waals surface area contributed by atoms with Gasteiger partial charge in [-0.2, -0.15) is 0 Å². The van der Waals surface area contributed by atoms with Gasteiger partial charge in [-0.25, -0.2) is 9.59 Å². The lowest BCUT2D eigenvalue weighted by Crippen LogP contribution is -2.59. The number of hydrogen-bond donors (Lipinski definition) is 13. The molecule has 0 radical (unpaired) electrons. The molecule has 0 aliphatic carbocycles. The number of fused-ring (bicyclic) bond motifs is 1. The number of benzene rings is 3. The van der Waals surface area contributed by atoms with E-state index in [4.69, 9.17) is 48.7 Å². The summed E-state index contributed by atoms with van der Waals surface area (Å²) in [5.74, 6) is -5.53. The first-order valence-electron chi connectivity index (χ1n) is 29.9. The van der Waals surface area contributed by atoms with E-state index in [2.05, 4.69) is 64.3 Å². The van der Waals surface area contributed by atoms with Crippen LogP contribution in [0, 0.1) is 0 Å². The monoisotopic (exact) mass is 1270 g/mol. The number of rotatable bonds is 39. The maximum absolute atomic E-state index is 14.1. The number of pyridine rings is 1. The zero-order chi connectivity index (χ0) is 66.1. The molecule has 0 bridgehead atoms. The van der Waals surface area contributed by atoms with Gasteiger partial charge in [-0.15, -0.1) is 0 Å². The molecule has 29 heteroatoms. The summed E-state index contributed by atoms with van der Waals surface area (Å²) in [6.45, 7) is 9.09. The summed E-state index contributed by atoms with van der Waals surface area (Å²) >= 11 is 6.15. The van der Waals surface area contributed by atoms with Crippen molar-refractivity contribution in [2.75, 3.05) is 51.7 Å². The van der Waals surface area contributed by atoms with Crippen molar-refractivity contribution in [3.05, 3.63) is 101 Å². The standard InChI is InChI=1S/C61H88ClN15O13/c1-6-77(30-10-11-37(2)70-46-26-29-68-50-34-43(62)20-23-45(46)50)31-32-88-61(87)90-36-42-16-14-41(15-17-42)35-89-60(86)76-49(24-25-52(64)79)58(85)73-47(12-7-8-27-63)57(84)74-48(13-9-28-69-59(65)66)56(83)72-38(3)53(80)71-39(4)54(81)75-51(55(82)67-5)33-40-18-21-44(78)22-19-40/h14-23,26,29,34,37-39,47-49,51,78H,6-13,24-25,27-28,30-33,35-36,63H2,1-5H3,(H2,64,79)(H,67,82)(H,68,70)(H,71,80)(H,72,83)(H,73,85)(H,74,84)(H,75,81)(H,76,86)(H4,65,66,69)/t37?,38-,39-,47-,48-,49-,51-/m0/s1. The Labute approximate surface area is 528 Å². The van der Waals surface area contributed by atoms with Gasteiger partial charge in [-0.3, -0.25) is 43.5 Å². The number of aromatic nitrogens is 1. The maximum atomic E-state index is 14.1. The van der Waals surface area contributed by atoms with E-state index in [0.717, 1.165) is 42.5 Å². The van der Waals surface area contributed by atoms with Crippen molar-refractivity contribution in [2.45, 2.75) is 147 Å². The molecule has 8 amide bonds.